The highest BCUT2D eigenvalue weighted by Gasteiger charge is 2.23. The summed E-state index contributed by atoms with van der Waals surface area (Å²) in [6, 6.07) is 12.1. The van der Waals surface area contributed by atoms with Crippen molar-refractivity contribution < 1.29 is 5.11 Å². The van der Waals surface area contributed by atoms with E-state index >= 15 is 0 Å². The standard InChI is InChI=1S/C19H16BrN3O/c1-19(2,24)15-11-21-9-7-17(15)23-16-6-5-12(20)10-14(16)13-4-3-8-22-18(13)23/h3-11,24H,1-2H3. The van der Waals surface area contributed by atoms with Crippen molar-refractivity contribution in [3.05, 3.63) is 65.0 Å². The van der Waals surface area contributed by atoms with Crippen LogP contribution in [-0.2, 0) is 5.60 Å². The summed E-state index contributed by atoms with van der Waals surface area (Å²) in [5, 5.41) is 12.8. The minimum atomic E-state index is -1.00. The van der Waals surface area contributed by atoms with Gasteiger partial charge in [-0.3, -0.25) is 9.55 Å². The highest BCUT2D eigenvalue weighted by Crippen LogP contribution is 2.35. The smallest absolute Gasteiger partial charge is 0.145 e. The highest BCUT2D eigenvalue weighted by molar-refractivity contribution is 9.10. The van der Waals surface area contributed by atoms with E-state index in [2.05, 4.69) is 48.7 Å². The Morgan fingerprint density at radius 3 is 2.71 bits per heavy atom. The fourth-order valence-electron chi connectivity index (χ4n) is 3.12. The normalized spacial score (nSPS) is 12.2. The van der Waals surface area contributed by atoms with E-state index in [1.165, 1.54) is 0 Å². The first-order chi connectivity index (χ1) is 11.5. The lowest BCUT2D eigenvalue weighted by molar-refractivity contribution is 0.0782. The van der Waals surface area contributed by atoms with Crippen LogP contribution in [0.2, 0.25) is 0 Å². The summed E-state index contributed by atoms with van der Waals surface area (Å²) >= 11 is 3.55. The van der Waals surface area contributed by atoms with Crippen LogP contribution < -0.4 is 0 Å². The van der Waals surface area contributed by atoms with Gasteiger partial charge in [0.15, 0.2) is 0 Å². The molecule has 3 heterocycles. The summed E-state index contributed by atoms with van der Waals surface area (Å²) < 4.78 is 3.11. The van der Waals surface area contributed by atoms with Crippen LogP contribution in [-0.4, -0.2) is 19.6 Å². The zero-order valence-electron chi connectivity index (χ0n) is 13.4. The number of pyridine rings is 2. The van der Waals surface area contributed by atoms with Gasteiger partial charge in [0.1, 0.15) is 5.65 Å². The number of aromatic nitrogens is 3. The molecule has 3 aromatic heterocycles. The van der Waals surface area contributed by atoms with Crippen LogP contribution in [0.1, 0.15) is 19.4 Å². The zero-order chi connectivity index (χ0) is 16.9. The maximum absolute atomic E-state index is 10.6. The molecule has 0 amide bonds. The van der Waals surface area contributed by atoms with E-state index < -0.39 is 5.60 Å². The fourth-order valence-corrected chi connectivity index (χ4v) is 3.48. The van der Waals surface area contributed by atoms with Crippen molar-refractivity contribution in [2.24, 2.45) is 0 Å². The molecule has 0 atom stereocenters. The zero-order valence-corrected chi connectivity index (χ0v) is 14.9. The Kier molecular flexibility index (Phi) is 3.44. The Morgan fingerprint density at radius 2 is 1.92 bits per heavy atom. The molecule has 4 aromatic rings. The summed E-state index contributed by atoms with van der Waals surface area (Å²) in [5.74, 6) is 0. The Labute approximate surface area is 147 Å². The lowest BCUT2D eigenvalue weighted by Crippen LogP contribution is -2.19. The summed E-state index contributed by atoms with van der Waals surface area (Å²) in [7, 11) is 0. The molecule has 0 spiro atoms. The third-order valence-corrected chi connectivity index (χ3v) is 4.68. The van der Waals surface area contributed by atoms with Crippen LogP contribution in [0.15, 0.2) is 59.5 Å². The highest BCUT2D eigenvalue weighted by atomic mass is 79.9. The number of rotatable bonds is 2. The molecule has 24 heavy (non-hydrogen) atoms. The molecule has 0 unspecified atom stereocenters. The Morgan fingerprint density at radius 1 is 1.08 bits per heavy atom. The molecule has 0 aliphatic carbocycles. The van der Waals surface area contributed by atoms with E-state index in [1.54, 1.807) is 32.4 Å². The van der Waals surface area contributed by atoms with Crippen LogP contribution >= 0.6 is 15.9 Å². The molecular weight excluding hydrogens is 366 g/mol. The summed E-state index contributed by atoms with van der Waals surface area (Å²) in [4.78, 5) is 8.79. The molecule has 1 N–H and O–H groups in total. The molecule has 0 aliphatic rings. The molecule has 120 valence electrons. The minimum absolute atomic E-state index is 0.761. The van der Waals surface area contributed by atoms with E-state index in [-0.39, 0.29) is 0 Å². The molecule has 4 nitrogen and oxygen atoms in total. The SMILES string of the molecule is CC(C)(O)c1cnccc1-n1c2ccc(Br)cc2c2cccnc21. The van der Waals surface area contributed by atoms with Crippen LogP contribution in [0, 0.1) is 0 Å². The summed E-state index contributed by atoms with van der Waals surface area (Å²) in [6.45, 7) is 3.54. The van der Waals surface area contributed by atoms with Gasteiger partial charge >= 0.3 is 0 Å². The number of nitrogens with zero attached hydrogens (tertiary/aromatic N) is 3. The Balaban J connectivity index is 2.18. The number of hydrogen-bond acceptors (Lipinski definition) is 3. The van der Waals surface area contributed by atoms with E-state index in [4.69, 9.17) is 0 Å². The van der Waals surface area contributed by atoms with E-state index in [0.29, 0.717) is 0 Å². The second-order valence-electron chi connectivity index (χ2n) is 6.32. The average Bonchev–Trinajstić information content (AvgIpc) is 2.88. The van der Waals surface area contributed by atoms with Crippen LogP contribution in [0.25, 0.3) is 27.6 Å². The van der Waals surface area contributed by atoms with Gasteiger partial charge in [0, 0.05) is 39.4 Å². The second-order valence-corrected chi connectivity index (χ2v) is 7.24. The third-order valence-electron chi connectivity index (χ3n) is 4.19. The van der Waals surface area contributed by atoms with Crippen LogP contribution in [0.3, 0.4) is 0 Å². The van der Waals surface area contributed by atoms with E-state index in [1.807, 2.05) is 18.2 Å². The van der Waals surface area contributed by atoms with Gasteiger partial charge in [-0.1, -0.05) is 15.9 Å². The summed E-state index contributed by atoms with van der Waals surface area (Å²) in [6.07, 6.45) is 5.25. The largest absolute Gasteiger partial charge is 0.386 e. The molecule has 0 saturated heterocycles. The van der Waals surface area contributed by atoms with E-state index in [9.17, 15) is 5.11 Å². The molecule has 1 aromatic carbocycles. The van der Waals surface area contributed by atoms with Gasteiger partial charge in [-0.2, -0.15) is 0 Å². The maximum atomic E-state index is 10.6. The lowest BCUT2D eigenvalue weighted by Gasteiger charge is -2.22. The first kappa shape index (κ1) is 15.3. The molecular formula is C19H16BrN3O. The Bertz CT molecular complexity index is 1060. The minimum Gasteiger partial charge on any atom is -0.386 e. The molecule has 0 radical (unpaired) electrons. The maximum Gasteiger partial charge on any atom is 0.145 e. The van der Waals surface area contributed by atoms with E-state index in [0.717, 1.165) is 37.7 Å². The number of aliphatic hydroxyl groups is 1. The molecule has 4 rings (SSSR count). The number of hydrogen-bond donors (Lipinski definition) is 1. The molecule has 0 fully saturated rings. The molecule has 0 saturated carbocycles. The topological polar surface area (TPSA) is 50.9 Å². The first-order valence-corrected chi connectivity index (χ1v) is 8.48. The van der Waals surface area contributed by atoms with Gasteiger partial charge in [-0.25, -0.2) is 4.98 Å². The van der Waals surface area contributed by atoms with Gasteiger partial charge in [0.05, 0.1) is 16.8 Å². The molecule has 0 aliphatic heterocycles. The van der Waals surface area contributed by atoms with Crippen molar-refractivity contribution in [2.75, 3.05) is 0 Å². The third kappa shape index (κ3) is 2.32. The predicted octanol–water partition coefficient (Wildman–Crippen LogP) is 4.56. The first-order valence-electron chi connectivity index (χ1n) is 7.69. The van der Waals surface area contributed by atoms with Gasteiger partial charge in [-0.15, -0.1) is 0 Å². The van der Waals surface area contributed by atoms with Crippen molar-refractivity contribution in [3.63, 3.8) is 0 Å². The van der Waals surface area contributed by atoms with Crippen molar-refractivity contribution in [1.29, 1.82) is 0 Å². The molecule has 5 heteroatoms. The number of halogens is 1. The van der Waals surface area contributed by atoms with Crippen LogP contribution in [0.5, 0.6) is 0 Å². The van der Waals surface area contributed by atoms with Gasteiger partial charge < -0.3 is 5.11 Å². The average molecular weight is 382 g/mol. The Hall–Kier alpha value is -2.24. The monoisotopic (exact) mass is 381 g/mol. The number of fused-ring (bicyclic) bond motifs is 3. The second kappa shape index (κ2) is 5.40. The van der Waals surface area contributed by atoms with Crippen molar-refractivity contribution in [2.45, 2.75) is 19.4 Å². The van der Waals surface area contributed by atoms with Crippen molar-refractivity contribution in [3.8, 4) is 5.69 Å². The van der Waals surface area contributed by atoms with Crippen LogP contribution in [0.4, 0.5) is 0 Å². The van der Waals surface area contributed by atoms with Gasteiger partial charge in [0.25, 0.3) is 0 Å². The lowest BCUT2D eigenvalue weighted by atomic mass is 9.98. The van der Waals surface area contributed by atoms with Crippen molar-refractivity contribution in [1.82, 2.24) is 14.5 Å². The predicted molar refractivity (Wildman–Crippen MR) is 99.3 cm³/mol. The fraction of sp³-hybridized carbons (Fsp3) is 0.158. The van der Waals surface area contributed by atoms with Gasteiger partial charge in [-0.05, 0) is 50.2 Å². The van der Waals surface area contributed by atoms with Crippen molar-refractivity contribution >= 4 is 37.9 Å². The summed E-state index contributed by atoms with van der Waals surface area (Å²) in [5.41, 5.74) is 2.55. The quantitative estimate of drug-likeness (QED) is 0.553. The molecule has 0 bridgehead atoms. The van der Waals surface area contributed by atoms with Gasteiger partial charge in [0.2, 0.25) is 0 Å². The number of benzene rings is 1.